The number of hydrogen-bond acceptors (Lipinski definition) is 9. The SMILES string of the molecule is COC(=O)CC(C(=O)N1CCC[C@H]1c1nc2cc(F)c([C@H]3CC[C@H](c4cc5[nH]c([C@@H]6CCCN6C(=O)[C@@H](NC(=O)OC)C(C)C)nc5cc4F)N3c3ccc(C(C)(C)C)cc3)cc2[nH]1)C(C)C. The number of amides is 3. The summed E-state index contributed by atoms with van der Waals surface area (Å²) in [6, 6.07) is 12.2. The monoisotopic (exact) mass is 922 g/mol. The van der Waals surface area contributed by atoms with Gasteiger partial charge in [-0.05, 0) is 85.6 Å². The number of nitrogens with zero attached hydrogens (tertiary/aromatic N) is 5. The number of aromatic nitrogens is 4. The molecule has 14 nitrogen and oxygen atoms in total. The molecule has 5 aromatic rings. The number of ether oxygens (including phenoxy) is 2. The van der Waals surface area contributed by atoms with E-state index in [9.17, 15) is 19.2 Å². The zero-order valence-electron chi connectivity index (χ0n) is 40.0. The van der Waals surface area contributed by atoms with Crippen LogP contribution in [0, 0.1) is 29.4 Å². The van der Waals surface area contributed by atoms with Crippen molar-refractivity contribution in [2.24, 2.45) is 17.8 Å². The molecule has 16 heteroatoms. The van der Waals surface area contributed by atoms with Gasteiger partial charge >= 0.3 is 12.1 Å². The van der Waals surface area contributed by atoms with Gasteiger partial charge in [0.15, 0.2) is 0 Å². The molecule has 0 bridgehead atoms. The summed E-state index contributed by atoms with van der Waals surface area (Å²) >= 11 is 0. The molecule has 358 valence electrons. The van der Waals surface area contributed by atoms with Crippen molar-refractivity contribution in [3.8, 4) is 0 Å². The Morgan fingerprint density at radius 3 is 1.67 bits per heavy atom. The number of aromatic amines is 2. The predicted molar refractivity (Wildman–Crippen MR) is 251 cm³/mol. The number of methoxy groups -OCH3 is 2. The van der Waals surface area contributed by atoms with E-state index in [2.05, 4.69) is 53.1 Å². The quantitative estimate of drug-likeness (QED) is 0.103. The van der Waals surface area contributed by atoms with Crippen molar-refractivity contribution in [3.63, 3.8) is 0 Å². The summed E-state index contributed by atoms with van der Waals surface area (Å²) in [7, 11) is 2.58. The Morgan fingerprint density at radius 2 is 1.22 bits per heavy atom. The number of alkyl carbamates (subject to hydrolysis) is 1. The van der Waals surface area contributed by atoms with Crippen LogP contribution in [0.1, 0.15) is 146 Å². The first kappa shape index (κ1) is 47.4. The lowest BCUT2D eigenvalue weighted by Crippen LogP contribution is -2.51. The number of anilines is 1. The Labute approximate surface area is 390 Å². The van der Waals surface area contributed by atoms with Gasteiger partial charge in [0, 0.05) is 42.0 Å². The number of imidazole rings is 2. The van der Waals surface area contributed by atoms with Gasteiger partial charge < -0.3 is 39.5 Å². The number of benzene rings is 3. The molecule has 3 aliphatic heterocycles. The molecule has 0 saturated carbocycles. The summed E-state index contributed by atoms with van der Waals surface area (Å²) in [6.07, 6.45) is 3.17. The lowest BCUT2D eigenvalue weighted by molar-refractivity contribution is -0.148. The van der Waals surface area contributed by atoms with Crippen molar-refractivity contribution in [1.29, 1.82) is 0 Å². The van der Waals surface area contributed by atoms with Crippen molar-refractivity contribution in [2.75, 3.05) is 32.2 Å². The summed E-state index contributed by atoms with van der Waals surface area (Å²) < 4.78 is 43.1. The van der Waals surface area contributed by atoms with Crippen LogP contribution < -0.4 is 10.2 Å². The molecule has 8 rings (SSSR count). The number of hydrogen-bond donors (Lipinski definition) is 3. The highest BCUT2D eigenvalue weighted by Gasteiger charge is 2.42. The van der Waals surface area contributed by atoms with E-state index >= 15 is 8.78 Å². The number of esters is 1. The standard InChI is InChI=1S/C51H64F2N8O6/c1-27(2)31(24-44(62)66-8)48(63)59-20-10-12-42(59)46-54-36-22-32(34(52)25-38(36)56-46)40-18-19-41(61(40)30-16-14-29(15-17-30)51(5,6)7)33-23-37-39(26-35(33)53)57-47(55-37)43-13-11-21-60(43)49(64)45(28(3)4)58-50(65)67-9/h14-17,22-23,25-28,31,40-43,45H,10-13,18-21,24H2,1-9H3,(H,54,56)(H,55,57)(H,58,65)/t31?,40-,41-,42+,43+,45+/m1/s1. The Balaban J connectivity index is 1.12. The molecule has 0 aliphatic carbocycles. The molecule has 1 unspecified atom stereocenters. The number of halogens is 2. The minimum atomic E-state index is -0.794. The zero-order chi connectivity index (χ0) is 48.1. The van der Waals surface area contributed by atoms with Crippen LogP contribution in [-0.2, 0) is 29.3 Å². The Bertz CT molecular complexity index is 2500. The summed E-state index contributed by atoms with van der Waals surface area (Å²) in [5, 5.41) is 2.68. The fourth-order valence-corrected chi connectivity index (χ4v) is 10.5. The third-order valence-corrected chi connectivity index (χ3v) is 14.2. The first-order chi connectivity index (χ1) is 31.9. The van der Waals surface area contributed by atoms with Crippen molar-refractivity contribution >= 4 is 51.6 Å². The molecular weight excluding hydrogens is 859 g/mol. The highest BCUT2D eigenvalue weighted by Crippen LogP contribution is 2.49. The van der Waals surface area contributed by atoms with E-state index in [1.807, 2.05) is 39.8 Å². The van der Waals surface area contributed by atoms with E-state index in [1.54, 1.807) is 21.9 Å². The average Bonchev–Trinajstić information content (AvgIpc) is 4.15. The molecule has 2 aromatic heterocycles. The van der Waals surface area contributed by atoms with Gasteiger partial charge in [-0.15, -0.1) is 0 Å². The first-order valence-electron chi connectivity index (χ1n) is 23.7. The van der Waals surface area contributed by atoms with Crippen LogP contribution in [-0.4, -0.2) is 87.0 Å². The summed E-state index contributed by atoms with van der Waals surface area (Å²) in [5.41, 5.74) is 4.83. The predicted octanol–water partition coefficient (Wildman–Crippen LogP) is 9.64. The number of nitrogens with one attached hydrogen (secondary N) is 3. The third-order valence-electron chi connectivity index (χ3n) is 14.2. The van der Waals surface area contributed by atoms with Gasteiger partial charge in [-0.2, -0.15) is 0 Å². The van der Waals surface area contributed by atoms with Gasteiger partial charge in [-0.3, -0.25) is 14.4 Å². The van der Waals surface area contributed by atoms with Crippen LogP contribution in [0.2, 0.25) is 0 Å². The molecule has 6 atom stereocenters. The van der Waals surface area contributed by atoms with Gasteiger partial charge in [-0.1, -0.05) is 60.6 Å². The Kier molecular flexibility index (Phi) is 13.4. The maximum Gasteiger partial charge on any atom is 0.407 e. The number of fused-ring (bicyclic) bond motifs is 2. The maximum absolute atomic E-state index is 16.7. The summed E-state index contributed by atoms with van der Waals surface area (Å²) in [4.78, 5) is 74.4. The zero-order valence-corrected chi connectivity index (χ0v) is 40.0. The molecule has 3 saturated heterocycles. The average molecular weight is 923 g/mol. The molecule has 67 heavy (non-hydrogen) atoms. The molecule has 0 radical (unpaired) electrons. The Morgan fingerprint density at radius 1 is 0.716 bits per heavy atom. The highest BCUT2D eigenvalue weighted by molar-refractivity contribution is 5.87. The molecule has 3 aromatic carbocycles. The number of carbonyl (C=O) groups excluding carboxylic acids is 4. The van der Waals surface area contributed by atoms with E-state index in [4.69, 9.17) is 19.4 Å². The minimum absolute atomic E-state index is 0.0112. The minimum Gasteiger partial charge on any atom is -0.469 e. The fourth-order valence-electron chi connectivity index (χ4n) is 10.5. The van der Waals surface area contributed by atoms with E-state index < -0.39 is 53.8 Å². The lowest BCUT2D eigenvalue weighted by Gasteiger charge is -2.34. The van der Waals surface area contributed by atoms with Gasteiger partial charge in [-0.25, -0.2) is 23.5 Å². The van der Waals surface area contributed by atoms with Crippen LogP contribution in [0.25, 0.3) is 22.1 Å². The normalized spacial score (nSPS) is 20.9. The first-order valence-corrected chi connectivity index (χ1v) is 23.7. The van der Waals surface area contributed by atoms with Crippen LogP contribution in [0.3, 0.4) is 0 Å². The molecular formula is C51H64F2N8O6. The van der Waals surface area contributed by atoms with Crippen molar-refractivity contribution in [2.45, 2.75) is 129 Å². The van der Waals surface area contributed by atoms with E-state index in [0.717, 1.165) is 24.1 Å². The highest BCUT2D eigenvalue weighted by atomic mass is 19.1. The maximum atomic E-state index is 16.7. The molecule has 5 heterocycles. The second kappa shape index (κ2) is 18.9. The number of rotatable bonds is 12. The largest absolute Gasteiger partial charge is 0.469 e. The topological polar surface area (TPSA) is 166 Å². The Hall–Kier alpha value is -6.06. The van der Waals surface area contributed by atoms with Gasteiger partial charge in [0.2, 0.25) is 11.8 Å². The second-order valence-corrected chi connectivity index (χ2v) is 20.2. The smallest absolute Gasteiger partial charge is 0.407 e. The van der Waals surface area contributed by atoms with Gasteiger partial charge in [0.25, 0.3) is 0 Å². The molecule has 3 aliphatic rings. The molecule has 0 spiro atoms. The van der Waals surface area contributed by atoms with E-state index in [1.165, 1.54) is 26.4 Å². The van der Waals surface area contributed by atoms with Crippen LogP contribution in [0.5, 0.6) is 0 Å². The van der Waals surface area contributed by atoms with Crippen molar-refractivity contribution < 1.29 is 37.4 Å². The summed E-state index contributed by atoms with van der Waals surface area (Å²) in [6.45, 7) is 15.0. The van der Waals surface area contributed by atoms with Crippen molar-refractivity contribution in [1.82, 2.24) is 35.1 Å². The third kappa shape index (κ3) is 9.32. The second-order valence-electron chi connectivity index (χ2n) is 20.2. The fraction of sp³-hybridized carbons (Fsp3) is 0.529. The van der Waals surface area contributed by atoms with Crippen LogP contribution in [0.15, 0.2) is 48.5 Å². The van der Waals surface area contributed by atoms with E-state index in [0.29, 0.717) is 83.6 Å². The number of likely N-dealkylation sites (tertiary alicyclic amines) is 2. The molecule has 3 amide bonds. The lowest BCUT2D eigenvalue weighted by atomic mass is 9.87. The van der Waals surface area contributed by atoms with E-state index in [-0.39, 0.29) is 41.5 Å². The number of carbonyl (C=O) groups is 4. The van der Waals surface area contributed by atoms with Gasteiger partial charge in [0.1, 0.15) is 29.3 Å². The summed E-state index contributed by atoms with van der Waals surface area (Å²) in [5.74, 6) is -1.40. The molecule has 3 N–H and O–H groups in total. The van der Waals surface area contributed by atoms with Crippen LogP contribution in [0.4, 0.5) is 19.3 Å². The number of H-pyrrole nitrogens is 2. The van der Waals surface area contributed by atoms with Crippen molar-refractivity contribution in [3.05, 3.63) is 88.5 Å². The van der Waals surface area contributed by atoms with Crippen LogP contribution >= 0.6 is 0 Å². The molecule has 3 fully saturated rings. The van der Waals surface area contributed by atoms with Gasteiger partial charge in [0.05, 0.1) is 72.8 Å².